The summed E-state index contributed by atoms with van der Waals surface area (Å²) in [5, 5.41) is 9.19. The number of furan rings is 1. The number of rotatable bonds is 6. The Morgan fingerprint density at radius 3 is 1.58 bits per heavy atom. The lowest BCUT2D eigenvalue weighted by Gasteiger charge is -2.12. The highest BCUT2D eigenvalue weighted by Crippen LogP contribution is 2.42. The topological polar surface area (TPSA) is 51.8 Å². The van der Waals surface area contributed by atoms with Crippen molar-refractivity contribution in [3.8, 4) is 67.5 Å². The molecule has 0 atom stereocenters. The fourth-order valence-electron chi connectivity index (χ4n) is 9.24. The molecule has 13 rings (SSSR count). The minimum absolute atomic E-state index is 0.625. The molecule has 0 bridgehead atoms. The van der Waals surface area contributed by atoms with Crippen molar-refractivity contribution in [3.05, 3.63) is 212 Å². The summed E-state index contributed by atoms with van der Waals surface area (Å²) in [5.41, 5.74) is 11.4. The van der Waals surface area contributed by atoms with E-state index in [0.29, 0.717) is 17.5 Å². The Balaban J connectivity index is 0.960. The van der Waals surface area contributed by atoms with Gasteiger partial charge in [0, 0.05) is 47.6 Å². The van der Waals surface area contributed by atoms with Gasteiger partial charge in [-0.2, -0.15) is 0 Å². The average Bonchev–Trinajstić information content (AvgIpc) is 3.94. The zero-order valence-electron chi connectivity index (χ0n) is 34.4. The molecule has 0 spiro atoms. The van der Waals surface area contributed by atoms with Gasteiger partial charge < -0.3 is 4.42 Å². The maximum absolute atomic E-state index is 6.57. The van der Waals surface area contributed by atoms with Crippen LogP contribution in [0, 0.1) is 0 Å². The predicted molar refractivity (Wildman–Crippen MR) is 268 cm³/mol. The van der Waals surface area contributed by atoms with Crippen LogP contribution in [0.1, 0.15) is 0 Å². The van der Waals surface area contributed by atoms with Crippen molar-refractivity contribution < 1.29 is 4.42 Å². The Labute approximate surface area is 372 Å². The minimum Gasteiger partial charge on any atom is -0.456 e. The highest BCUT2D eigenvalue weighted by atomic mass is 32.1. The van der Waals surface area contributed by atoms with Crippen molar-refractivity contribution in [2.75, 3.05) is 0 Å². The molecule has 0 aliphatic rings. The monoisotopic (exact) mass is 833 g/mol. The molecule has 0 unspecified atom stereocenters. The largest absolute Gasteiger partial charge is 0.456 e. The summed E-state index contributed by atoms with van der Waals surface area (Å²) in [6.45, 7) is 0. The van der Waals surface area contributed by atoms with Gasteiger partial charge in [-0.05, 0) is 116 Å². The molecule has 3 heterocycles. The number of aromatic nitrogens is 3. The van der Waals surface area contributed by atoms with E-state index >= 15 is 0 Å². The van der Waals surface area contributed by atoms with Crippen molar-refractivity contribution in [1.29, 1.82) is 0 Å². The van der Waals surface area contributed by atoms with Crippen LogP contribution in [0.2, 0.25) is 0 Å². The Hall–Kier alpha value is -8.25. The lowest BCUT2D eigenvalue weighted by atomic mass is 9.92. The van der Waals surface area contributed by atoms with E-state index in [1.807, 2.05) is 17.4 Å². The normalized spacial score (nSPS) is 11.8. The number of benzene rings is 10. The fraction of sp³-hybridized carbons (Fsp3) is 0. The molecular formula is C59H35N3OS. The first kappa shape index (κ1) is 36.4. The quantitative estimate of drug-likeness (QED) is 0.167. The van der Waals surface area contributed by atoms with Crippen LogP contribution in [0.25, 0.3) is 131 Å². The number of thiophene rings is 1. The molecule has 0 saturated heterocycles. The van der Waals surface area contributed by atoms with Crippen molar-refractivity contribution in [2.45, 2.75) is 0 Å². The maximum Gasteiger partial charge on any atom is 0.164 e. The first-order chi connectivity index (χ1) is 31.6. The van der Waals surface area contributed by atoms with Gasteiger partial charge in [-0.25, -0.2) is 15.0 Å². The number of hydrogen-bond acceptors (Lipinski definition) is 5. The third-order valence-corrected chi connectivity index (χ3v) is 13.6. The molecule has 0 fully saturated rings. The zero-order chi connectivity index (χ0) is 42.1. The molecule has 0 saturated carbocycles. The van der Waals surface area contributed by atoms with Gasteiger partial charge in [-0.15, -0.1) is 11.3 Å². The molecule has 3 aromatic heterocycles. The van der Waals surface area contributed by atoms with Gasteiger partial charge in [0.05, 0.1) is 0 Å². The minimum atomic E-state index is 0.625. The van der Waals surface area contributed by atoms with Crippen LogP contribution in [-0.2, 0) is 0 Å². The summed E-state index contributed by atoms with van der Waals surface area (Å²) in [7, 11) is 0. The molecule has 0 amide bonds. The highest BCUT2D eigenvalue weighted by molar-refractivity contribution is 7.25. The van der Waals surface area contributed by atoms with Crippen LogP contribution in [0.15, 0.2) is 217 Å². The Morgan fingerprint density at radius 1 is 0.297 bits per heavy atom. The molecule has 64 heavy (non-hydrogen) atoms. The van der Waals surface area contributed by atoms with Gasteiger partial charge in [0.25, 0.3) is 0 Å². The van der Waals surface area contributed by atoms with Crippen LogP contribution >= 0.6 is 11.3 Å². The second-order valence-electron chi connectivity index (χ2n) is 16.4. The van der Waals surface area contributed by atoms with E-state index in [1.54, 1.807) is 0 Å². The SMILES string of the molecule is c1ccc(-c2ccc(-c3cc(-c4ccc5ccc(-c6nc(-c7ccc8ccccc8c7)nc(-c7ccc8sc9ccccc9c8c7)n6)cc5c4)c4c(c3)oc3ccccc34)cc2)cc1. The molecule has 4 nitrogen and oxygen atoms in total. The van der Waals surface area contributed by atoms with Crippen LogP contribution in [0.5, 0.6) is 0 Å². The summed E-state index contributed by atoms with van der Waals surface area (Å²) >= 11 is 1.81. The number of hydrogen-bond donors (Lipinski definition) is 0. The lowest BCUT2D eigenvalue weighted by molar-refractivity contribution is 0.669. The van der Waals surface area contributed by atoms with Crippen molar-refractivity contribution >= 4 is 75.0 Å². The number of fused-ring (bicyclic) bond motifs is 8. The molecule has 0 N–H and O–H groups in total. The van der Waals surface area contributed by atoms with E-state index in [1.165, 1.54) is 36.7 Å². The van der Waals surface area contributed by atoms with E-state index in [4.69, 9.17) is 19.4 Å². The standard InChI is InChI=1S/C59H35N3OS/c1-2-10-36(11-3-1)38-18-20-40(21-19-38)47-34-50(56-49-15-6-8-16-52(49)63-53(56)35-47)42-25-22-39-24-27-44(32-46(39)31-42)58-60-57(43-26-23-37-12-4-5-13-41(37)30-43)61-59(62-58)45-28-29-55-51(33-45)48-14-7-9-17-54(48)64-55/h1-35H. The van der Waals surface area contributed by atoms with Crippen LogP contribution in [-0.4, -0.2) is 15.0 Å². The molecule has 0 aliphatic carbocycles. The van der Waals surface area contributed by atoms with Crippen LogP contribution in [0.4, 0.5) is 0 Å². The Morgan fingerprint density at radius 2 is 0.812 bits per heavy atom. The van der Waals surface area contributed by atoms with Gasteiger partial charge in [0.2, 0.25) is 0 Å². The Bertz CT molecular complexity index is 3960. The second kappa shape index (κ2) is 14.7. The summed E-state index contributed by atoms with van der Waals surface area (Å²) in [5.74, 6) is 1.90. The summed E-state index contributed by atoms with van der Waals surface area (Å²) in [6, 6.07) is 75.4. The van der Waals surface area contributed by atoms with Crippen LogP contribution in [0.3, 0.4) is 0 Å². The number of para-hydroxylation sites is 1. The third kappa shape index (κ3) is 6.25. The fourth-order valence-corrected chi connectivity index (χ4v) is 10.3. The van der Waals surface area contributed by atoms with Gasteiger partial charge >= 0.3 is 0 Å². The summed E-state index contributed by atoms with van der Waals surface area (Å²) in [4.78, 5) is 15.6. The molecule has 298 valence electrons. The maximum atomic E-state index is 6.57. The van der Waals surface area contributed by atoms with Gasteiger partial charge in [0.1, 0.15) is 11.2 Å². The van der Waals surface area contributed by atoms with Gasteiger partial charge in [-0.3, -0.25) is 0 Å². The first-order valence-corrected chi connectivity index (χ1v) is 22.3. The van der Waals surface area contributed by atoms with Gasteiger partial charge in [0.15, 0.2) is 17.5 Å². The molecule has 10 aromatic carbocycles. The van der Waals surface area contributed by atoms with Crippen molar-refractivity contribution in [2.24, 2.45) is 0 Å². The van der Waals surface area contributed by atoms with E-state index in [9.17, 15) is 0 Å². The molecule has 0 aliphatic heterocycles. The van der Waals surface area contributed by atoms with E-state index in [2.05, 4.69) is 206 Å². The molecule has 13 aromatic rings. The number of nitrogens with zero attached hydrogens (tertiary/aromatic N) is 3. The van der Waals surface area contributed by atoms with Crippen molar-refractivity contribution in [3.63, 3.8) is 0 Å². The first-order valence-electron chi connectivity index (χ1n) is 21.5. The molecular weight excluding hydrogens is 799 g/mol. The van der Waals surface area contributed by atoms with Crippen LogP contribution < -0.4 is 0 Å². The van der Waals surface area contributed by atoms with E-state index in [0.717, 1.165) is 77.0 Å². The van der Waals surface area contributed by atoms with E-state index < -0.39 is 0 Å². The smallest absolute Gasteiger partial charge is 0.164 e. The van der Waals surface area contributed by atoms with Crippen molar-refractivity contribution in [1.82, 2.24) is 15.0 Å². The lowest BCUT2D eigenvalue weighted by Crippen LogP contribution is -2.00. The van der Waals surface area contributed by atoms with Gasteiger partial charge in [-0.1, -0.05) is 152 Å². The molecule has 0 radical (unpaired) electrons. The Kier molecular flexibility index (Phi) is 8.36. The highest BCUT2D eigenvalue weighted by Gasteiger charge is 2.18. The average molecular weight is 834 g/mol. The zero-order valence-corrected chi connectivity index (χ0v) is 35.2. The summed E-state index contributed by atoms with van der Waals surface area (Å²) in [6.07, 6.45) is 0. The second-order valence-corrected chi connectivity index (χ2v) is 17.5. The third-order valence-electron chi connectivity index (χ3n) is 12.5. The summed E-state index contributed by atoms with van der Waals surface area (Å²) < 4.78 is 9.08. The predicted octanol–water partition coefficient (Wildman–Crippen LogP) is 16.4. The van der Waals surface area contributed by atoms with E-state index in [-0.39, 0.29) is 0 Å². The molecule has 5 heteroatoms.